The number of hydrogen-bond acceptors (Lipinski definition) is 9. The van der Waals surface area contributed by atoms with E-state index in [-0.39, 0.29) is 52.8 Å². The largest absolute Gasteiger partial charge is 0.504 e. The molecule has 180 valence electrons. The van der Waals surface area contributed by atoms with Gasteiger partial charge in [-0.15, -0.1) is 0 Å². The van der Waals surface area contributed by atoms with E-state index in [9.17, 15) is 15.1 Å². The summed E-state index contributed by atoms with van der Waals surface area (Å²) in [7, 11) is 3.18. The number of amides is 1. The van der Waals surface area contributed by atoms with Crippen molar-refractivity contribution in [3.63, 3.8) is 0 Å². The highest BCUT2D eigenvalue weighted by Crippen LogP contribution is 2.41. The Morgan fingerprint density at radius 1 is 1.18 bits per heavy atom. The SMILES string of the molecule is CN(C)C(=O)c1cccc(Nc2c(N[C@@H](c3ccc4c(c3)OCO4)C(C)(C)C)no[n+]2O)c1O. The van der Waals surface area contributed by atoms with Crippen LogP contribution in [0.3, 0.4) is 0 Å². The van der Waals surface area contributed by atoms with Crippen LogP contribution in [0.25, 0.3) is 0 Å². The van der Waals surface area contributed by atoms with Gasteiger partial charge in [0.1, 0.15) is 15.7 Å². The van der Waals surface area contributed by atoms with Crippen LogP contribution >= 0.6 is 0 Å². The molecule has 1 aromatic heterocycles. The lowest BCUT2D eigenvalue weighted by molar-refractivity contribution is -1.03. The lowest BCUT2D eigenvalue weighted by Gasteiger charge is -2.31. The van der Waals surface area contributed by atoms with Gasteiger partial charge in [-0.1, -0.05) is 37.5 Å². The standard InChI is InChI=1S/C23H27N5O6/c1-23(2,3)19(13-9-10-16-17(11-13)33-12-32-16)25-20-21(28(31)34-26-20)24-15-8-6-7-14(18(15)29)22(30)27(4)5/h6-11,19,31H,12H2,1-5H3,(H2,25,26,29,30)/p+1/t19-/m0/s1. The van der Waals surface area contributed by atoms with Crippen molar-refractivity contribution in [2.24, 2.45) is 5.41 Å². The van der Waals surface area contributed by atoms with E-state index in [1.165, 1.54) is 11.0 Å². The first-order chi connectivity index (χ1) is 16.1. The van der Waals surface area contributed by atoms with Crippen LogP contribution in [-0.4, -0.2) is 47.2 Å². The topological polar surface area (TPSA) is 133 Å². The summed E-state index contributed by atoms with van der Waals surface area (Å²) in [5.41, 5.74) is 0.928. The number of nitrogens with zero attached hydrogens (tertiary/aromatic N) is 3. The highest BCUT2D eigenvalue weighted by atomic mass is 16.8. The molecular formula is C23H28N5O6+. The molecule has 0 bridgehead atoms. The molecule has 0 radical (unpaired) electrons. The molecule has 34 heavy (non-hydrogen) atoms. The van der Waals surface area contributed by atoms with Gasteiger partial charge in [0, 0.05) is 14.1 Å². The van der Waals surface area contributed by atoms with Gasteiger partial charge in [-0.2, -0.15) is 0 Å². The predicted octanol–water partition coefficient (Wildman–Crippen LogP) is 3.28. The van der Waals surface area contributed by atoms with Gasteiger partial charge in [0.15, 0.2) is 17.2 Å². The van der Waals surface area contributed by atoms with E-state index in [4.69, 9.17) is 14.1 Å². The van der Waals surface area contributed by atoms with Crippen LogP contribution in [0.4, 0.5) is 17.3 Å². The molecule has 3 aromatic rings. The molecule has 11 nitrogen and oxygen atoms in total. The maximum atomic E-state index is 12.4. The van der Waals surface area contributed by atoms with Crippen molar-refractivity contribution in [2.75, 3.05) is 31.5 Å². The van der Waals surface area contributed by atoms with Gasteiger partial charge >= 0.3 is 11.6 Å². The molecule has 1 aliphatic rings. The molecule has 0 fully saturated rings. The summed E-state index contributed by atoms with van der Waals surface area (Å²) >= 11 is 0. The van der Waals surface area contributed by atoms with Crippen molar-refractivity contribution >= 4 is 23.2 Å². The normalized spacial score (nSPS) is 13.4. The van der Waals surface area contributed by atoms with Gasteiger partial charge in [-0.05, 0) is 35.2 Å². The van der Waals surface area contributed by atoms with Crippen molar-refractivity contribution in [1.29, 1.82) is 0 Å². The second kappa shape index (κ2) is 8.65. The first-order valence-electron chi connectivity index (χ1n) is 10.6. The lowest BCUT2D eigenvalue weighted by Crippen LogP contribution is -2.31. The number of carbonyl (C=O) groups is 1. The number of aromatic nitrogens is 2. The number of phenolic OH excluding ortho intramolecular Hbond substituents is 1. The van der Waals surface area contributed by atoms with Crippen molar-refractivity contribution < 1.29 is 34.1 Å². The summed E-state index contributed by atoms with van der Waals surface area (Å²) in [4.78, 5) is 14.2. The number of anilines is 3. The Morgan fingerprint density at radius 3 is 2.62 bits per heavy atom. The van der Waals surface area contributed by atoms with Crippen LogP contribution < -0.4 is 25.0 Å². The fourth-order valence-corrected chi connectivity index (χ4v) is 3.67. The maximum Gasteiger partial charge on any atom is 0.370 e. The monoisotopic (exact) mass is 470 g/mol. The molecule has 0 saturated heterocycles. The Labute approximate surface area is 196 Å². The predicted molar refractivity (Wildman–Crippen MR) is 122 cm³/mol. The molecule has 4 rings (SSSR count). The zero-order valence-electron chi connectivity index (χ0n) is 19.6. The summed E-state index contributed by atoms with van der Waals surface area (Å²) in [5, 5.41) is 31.1. The smallest absolute Gasteiger partial charge is 0.370 e. The molecule has 1 aliphatic heterocycles. The van der Waals surface area contributed by atoms with E-state index in [0.717, 1.165) is 5.56 Å². The second-order valence-electron chi connectivity index (χ2n) is 9.23. The third-order valence-corrected chi connectivity index (χ3v) is 5.43. The van der Waals surface area contributed by atoms with Gasteiger partial charge in [0.2, 0.25) is 6.79 Å². The number of nitrogens with one attached hydrogen (secondary N) is 2. The summed E-state index contributed by atoms with van der Waals surface area (Å²) in [6, 6.07) is 10.1. The average Bonchev–Trinajstić information content (AvgIpc) is 3.38. The Bertz CT molecular complexity index is 1220. The number of para-hydroxylation sites is 1. The number of hydrogen-bond donors (Lipinski definition) is 4. The highest BCUT2D eigenvalue weighted by molar-refractivity contribution is 5.98. The van der Waals surface area contributed by atoms with Crippen molar-refractivity contribution in [2.45, 2.75) is 26.8 Å². The van der Waals surface area contributed by atoms with E-state index in [2.05, 4.69) is 36.6 Å². The minimum Gasteiger partial charge on any atom is -0.504 e. The third kappa shape index (κ3) is 4.36. The summed E-state index contributed by atoms with van der Waals surface area (Å²) in [6.07, 6.45) is 0. The number of carbonyl (C=O) groups excluding carboxylic acids is 1. The summed E-state index contributed by atoms with van der Waals surface area (Å²) in [6.45, 7) is 6.33. The van der Waals surface area contributed by atoms with Crippen molar-refractivity contribution in [3.8, 4) is 17.2 Å². The Morgan fingerprint density at radius 2 is 1.91 bits per heavy atom. The zero-order valence-corrected chi connectivity index (χ0v) is 19.6. The summed E-state index contributed by atoms with van der Waals surface area (Å²) < 4.78 is 15.9. The molecule has 0 unspecified atom stereocenters. The fraction of sp³-hybridized carbons (Fsp3) is 0.348. The van der Waals surface area contributed by atoms with Crippen LogP contribution in [0.15, 0.2) is 41.0 Å². The molecule has 4 N–H and O–H groups in total. The first-order valence-corrected chi connectivity index (χ1v) is 10.6. The fourth-order valence-electron chi connectivity index (χ4n) is 3.67. The maximum absolute atomic E-state index is 12.4. The van der Waals surface area contributed by atoms with Gasteiger partial charge < -0.3 is 30.0 Å². The highest BCUT2D eigenvalue weighted by Gasteiger charge is 2.34. The van der Waals surface area contributed by atoms with E-state index in [1.807, 2.05) is 18.2 Å². The average molecular weight is 471 g/mol. The van der Waals surface area contributed by atoms with Gasteiger partial charge in [0.05, 0.1) is 11.6 Å². The molecule has 0 spiro atoms. The zero-order chi connectivity index (χ0) is 24.6. The van der Waals surface area contributed by atoms with E-state index in [0.29, 0.717) is 16.4 Å². The second-order valence-corrected chi connectivity index (χ2v) is 9.23. The number of benzene rings is 2. The minimum absolute atomic E-state index is 0.0414. The molecule has 1 amide bonds. The lowest BCUT2D eigenvalue weighted by atomic mass is 9.82. The van der Waals surface area contributed by atoms with Crippen LogP contribution in [0.2, 0.25) is 0 Å². The number of ether oxygens (including phenoxy) is 2. The number of aromatic hydroxyl groups is 1. The quantitative estimate of drug-likeness (QED) is 0.316. The third-order valence-electron chi connectivity index (χ3n) is 5.43. The van der Waals surface area contributed by atoms with Crippen LogP contribution in [0.5, 0.6) is 17.2 Å². The van der Waals surface area contributed by atoms with Crippen LogP contribution in [0, 0.1) is 5.41 Å². The molecule has 0 saturated carbocycles. The Kier molecular flexibility index (Phi) is 5.86. The Balaban J connectivity index is 1.66. The van der Waals surface area contributed by atoms with E-state index >= 15 is 0 Å². The molecule has 2 aromatic carbocycles. The van der Waals surface area contributed by atoms with Crippen LogP contribution in [-0.2, 0) is 0 Å². The van der Waals surface area contributed by atoms with Crippen LogP contribution in [0.1, 0.15) is 42.7 Å². The van der Waals surface area contributed by atoms with Crippen molar-refractivity contribution in [1.82, 2.24) is 10.1 Å². The molecular weight excluding hydrogens is 442 g/mol. The molecule has 1 atom stereocenters. The Hall–Kier alpha value is -4.15. The summed E-state index contributed by atoms with van der Waals surface area (Å²) in [5.74, 6) is 0.935. The molecule has 0 aliphatic carbocycles. The van der Waals surface area contributed by atoms with Crippen molar-refractivity contribution in [3.05, 3.63) is 47.5 Å². The molecule has 2 heterocycles. The first kappa shape index (κ1) is 23.0. The van der Waals surface area contributed by atoms with E-state index < -0.39 is 0 Å². The van der Waals surface area contributed by atoms with Gasteiger partial charge in [-0.25, -0.2) is 0 Å². The molecule has 11 heteroatoms. The number of rotatable bonds is 6. The van der Waals surface area contributed by atoms with E-state index in [1.54, 1.807) is 26.2 Å². The number of phenols is 1. The van der Waals surface area contributed by atoms with Gasteiger partial charge in [0.25, 0.3) is 5.91 Å². The van der Waals surface area contributed by atoms with Gasteiger partial charge in [-0.3, -0.25) is 10.1 Å². The minimum atomic E-state index is -0.364. The number of fused-ring (bicyclic) bond motifs is 1.